The normalized spacial score (nSPS) is 13.5. The molecule has 0 amide bonds. The molecule has 1 rings (SSSR count). The SMILES string of the molecule is C/C=C(/CC(C)C(=O)CC)c1ccccc1C. The number of ketones is 1. The zero-order valence-corrected chi connectivity index (χ0v) is 11.3. The summed E-state index contributed by atoms with van der Waals surface area (Å²) >= 11 is 0. The van der Waals surface area contributed by atoms with E-state index in [1.807, 2.05) is 26.8 Å². The summed E-state index contributed by atoms with van der Waals surface area (Å²) in [5, 5.41) is 0. The van der Waals surface area contributed by atoms with Crippen LogP contribution >= 0.6 is 0 Å². The zero-order valence-electron chi connectivity index (χ0n) is 11.3. The van der Waals surface area contributed by atoms with E-state index >= 15 is 0 Å². The maximum atomic E-state index is 11.7. The van der Waals surface area contributed by atoms with E-state index in [1.165, 1.54) is 16.7 Å². The van der Waals surface area contributed by atoms with Gasteiger partial charge in [-0.15, -0.1) is 0 Å². The lowest BCUT2D eigenvalue weighted by atomic mass is 9.90. The monoisotopic (exact) mass is 230 g/mol. The third kappa shape index (κ3) is 3.55. The molecule has 0 aliphatic rings. The Morgan fingerprint density at radius 1 is 1.35 bits per heavy atom. The summed E-state index contributed by atoms with van der Waals surface area (Å²) in [5.74, 6) is 0.462. The molecular weight excluding hydrogens is 208 g/mol. The summed E-state index contributed by atoms with van der Waals surface area (Å²) in [5.41, 5.74) is 3.82. The summed E-state index contributed by atoms with van der Waals surface area (Å²) in [7, 11) is 0. The molecule has 17 heavy (non-hydrogen) atoms. The Hall–Kier alpha value is -1.37. The largest absolute Gasteiger partial charge is 0.299 e. The van der Waals surface area contributed by atoms with Crippen molar-refractivity contribution in [1.82, 2.24) is 0 Å². The Kier molecular flexibility index (Phi) is 5.14. The van der Waals surface area contributed by atoms with Crippen LogP contribution in [-0.4, -0.2) is 5.78 Å². The summed E-state index contributed by atoms with van der Waals surface area (Å²) < 4.78 is 0. The molecular formula is C16H22O. The van der Waals surface area contributed by atoms with Crippen LogP contribution in [0.3, 0.4) is 0 Å². The fourth-order valence-corrected chi connectivity index (χ4v) is 2.11. The van der Waals surface area contributed by atoms with E-state index in [0.29, 0.717) is 12.2 Å². The minimum Gasteiger partial charge on any atom is -0.299 e. The zero-order chi connectivity index (χ0) is 12.8. The van der Waals surface area contributed by atoms with Crippen LogP contribution in [0.1, 0.15) is 44.7 Å². The first-order chi connectivity index (χ1) is 8.10. The van der Waals surface area contributed by atoms with Gasteiger partial charge in [-0.1, -0.05) is 44.2 Å². The average molecular weight is 230 g/mol. The van der Waals surface area contributed by atoms with E-state index in [1.54, 1.807) is 0 Å². The highest BCUT2D eigenvalue weighted by Crippen LogP contribution is 2.26. The molecule has 0 aromatic heterocycles. The van der Waals surface area contributed by atoms with Crippen LogP contribution < -0.4 is 0 Å². The Morgan fingerprint density at radius 3 is 2.53 bits per heavy atom. The van der Waals surface area contributed by atoms with Gasteiger partial charge >= 0.3 is 0 Å². The molecule has 0 aliphatic carbocycles. The lowest BCUT2D eigenvalue weighted by Crippen LogP contribution is -2.10. The fourth-order valence-electron chi connectivity index (χ4n) is 2.11. The smallest absolute Gasteiger partial charge is 0.135 e. The first-order valence-electron chi connectivity index (χ1n) is 6.34. The molecule has 0 radical (unpaired) electrons. The van der Waals surface area contributed by atoms with Gasteiger partial charge < -0.3 is 0 Å². The number of aryl methyl sites for hydroxylation is 1. The van der Waals surface area contributed by atoms with Gasteiger partial charge in [-0.3, -0.25) is 4.79 Å². The molecule has 0 fully saturated rings. The number of allylic oxidation sites excluding steroid dienone is 2. The number of benzene rings is 1. The fraction of sp³-hybridized carbons (Fsp3) is 0.438. The van der Waals surface area contributed by atoms with E-state index in [9.17, 15) is 4.79 Å². The first-order valence-corrected chi connectivity index (χ1v) is 6.34. The molecule has 0 heterocycles. The van der Waals surface area contributed by atoms with Crippen molar-refractivity contribution in [2.75, 3.05) is 0 Å². The van der Waals surface area contributed by atoms with Crippen molar-refractivity contribution in [3.8, 4) is 0 Å². The molecule has 1 aromatic rings. The van der Waals surface area contributed by atoms with Gasteiger partial charge in [-0.2, -0.15) is 0 Å². The van der Waals surface area contributed by atoms with Crippen LogP contribution in [0, 0.1) is 12.8 Å². The maximum absolute atomic E-state index is 11.7. The Labute approximate surface area is 105 Å². The van der Waals surface area contributed by atoms with Crippen LogP contribution in [0.2, 0.25) is 0 Å². The lowest BCUT2D eigenvalue weighted by molar-refractivity contribution is -0.121. The predicted octanol–water partition coefficient (Wildman–Crippen LogP) is 4.40. The number of Topliss-reactive ketones (excluding diaryl/α,β-unsaturated/α-hetero) is 1. The maximum Gasteiger partial charge on any atom is 0.135 e. The number of rotatable bonds is 5. The summed E-state index contributed by atoms with van der Waals surface area (Å²) in [4.78, 5) is 11.7. The molecule has 0 aliphatic heterocycles. The minimum atomic E-state index is 0.116. The van der Waals surface area contributed by atoms with E-state index < -0.39 is 0 Å². The predicted molar refractivity (Wildman–Crippen MR) is 73.9 cm³/mol. The van der Waals surface area contributed by atoms with E-state index in [4.69, 9.17) is 0 Å². The molecule has 1 atom stereocenters. The third-order valence-corrected chi connectivity index (χ3v) is 3.26. The van der Waals surface area contributed by atoms with Gasteiger partial charge in [0.1, 0.15) is 5.78 Å². The van der Waals surface area contributed by atoms with Crippen LogP contribution in [0.25, 0.3) is 5.57 Å². The van der Waals surface area contributed by atoms with E-state index in [0.717, 1.165) is 6.42 Å². The van der Waals surface area contributed by atoms with Crippen LogP contribution in [-0.2, 0) is 4.79 Å². The van der Waals surface area contributed by atoms with Gasteiger partial charge in [0.15, 0.2) is 0 Å². The Bertz CT molecular complexity index is 415. The minimum absolute atomic E-state index is 0.116. The Balaban J connectivity index is 2.88. The first kappa shape index (κ1) is 13.7. The summed E-state index contributed by atoms with van der Waals surface area (Å²) in [6, 6.07) is 8.35. The summed E-state index contributed by atoms with van der Waals surface area (Å²) in [6.45, 7) is 8.12. The Morgan fingerprint density at radius 2 is 2.00 bits per heavy atom. The molecule has 0 spiro atoms. The third-order valence-electron chi connectivity index (χ3n) is 3.26. The number of hydrogen-bond donors (Lipinski definition) is 0. The highest BCUT2D eigenvalue weighted by molar-refractivity contribution is 5.83. The molecule has 0 saturated heterocycles. The van der Waals surface area contributed by atoms with Gasteiger partial charge in [0.25, 0.3) is 0 Å². The highest BCUT2D eigenvalue weighted by atomic mass is 16.1. The molecule has 0 N–H and O–H groups in total. The molecule has 92 valence electrons. The quantitative estimate of drug-likeness (QED) is 0.732. The van der Waals surface area contributed by atoms with Crippen LogP contribution in [0.5, 0.6) is 0 Å². The van der Waals surface area contributed by atoms with Gasteiger partial charge in [0.2, 0.25) is 0 Å². The van der Waals surface area contributed by atoms with Gasteiger partial charge in [0.05, 0.1) is 0 Å². The van der Waals surface area contributed by atoms with Gasteiger partial charge in [-0.05, 0) is 37.0 Å². The molecule has 0 bridgehead atoms. The van der Waals surface area contributed by atoms with Crippen molar-refractivity contribution in [1.29, 1.82) is 0 Å². The van der Waals surface area contributed by atoms with E-state index in [-0.39, 0.29) is 5.92 Å². The number of carbonyl (C=O) groups is 1. The van der Waals surface area contributed by atoms with Crippen LogP contribution in [0.4, 0.5) is 0 Å². The standard InChI is InChI=1S/C16H22O/c1-5-14(11-13(4)16(17)6-2)15-10-8-7-9-12(15)3/h5,7-10,13H,6,11H2,1-4H3/b14-5-. The topological polar surface area (TPSA) is 17.1 Å². The van der Waals surface area contributed by atoms with Crippen molar-refractivity contribution < 1.29 is 4.79 Å². The van der Waals surface area contributed by atoms with Crippen molar-refractivity contribution in [2.24, 2.45) is 5.92 Å². The average Bonchev–Trinajstić information content (AvgIpc) is 2.35. The molecule has 1 aromatic carbocycles. The van der Waals surface area contributed by atoms with Crippen molar-refractivity contribution in [3.05, 3.63) is 41.5 Å². The molecule has 1 heteroatoms. The summed E-state index contributed by atoms with van der Waals surface area (Å²) in [6.07, 6.45) is 3.60. The second-order valence-electron chi connectivity index (χ2n) is 4.55. The van der Waals surface area contributed by atoms with Gasteiger partial charge in [0, 0.05) is 12.3 Å². The van der Waals surface area contributed by atoms with Crippen LogP contribution in [0.15, 0.2) is 30.3 Å². The lowest BCUT2D eigenvalue weighted by Gasteiger charge is -2.14. The van der Waals surface area contributed by atoms with Crippen molar-refractivity contribution >= 4 is 11.4 Å². The number of hydrogen-bond acceptors (Lipinski definition) is 1. The molecule has 1 unspecified atom stereocenters. The second kappa shape index (κ2) is 6.39. The molecule has 1 nitrogen and oxygen atoms in total. The van der Waals surface area contributed by atoms with E-state index in [2.05, 4.69) is 31.2 Å². The highest BCUT2D eigenvalue weighted by Gasteiger charge is 2.14. The number of carbonyl (C=O) groups excluding carboxylic acids is 1. The molecule has 0 saturated carbocycles. The second-order valence-corrected chi connectivity index (χ2v) is 4.55. The van der Waals surface area contributed by atoms with Crippen molar-refractivity contribution in [2.45, 2.75) is 40.5 Å². The van der Waals surface area contributed by atoms with Crippen molar-refractivity contribution in [3.63, 3.8) is 0 Å². The van der Waals surface area contributed by atoms with Gasteiger partial charge in [-0.25, -0.2) is 0 Å².